The van der Waals surface area contributed by atoms with Crippen molar-refractivity contribution in [2.24, 2.45) is 14.1 Å². The van der Waals surface area contributed by atoms with Crippen LogP contribution in [-0.4, -0.2) is 19.2 Å². The summed E-state index contributed by atoms with van der Waals surface area (Å²) in [7, 11) is 2.85. The average Bonchev–Trinajstić information content (AvgIpc) is 2.64. The molecule has 0 aliphatic carbocycles. The van der Waals surface area contributed by atoms with Gasteiger partial charge in [0.05, 0.1) is 16.5 Å². The van der Waals surface area contributed by atoms with Gasteiger partial charge >= 0.3 is 11.3 Å². The minimum Gasteiger partial charge on any atom is -0.506 e. The molecule has 8 heteroatoms. The highest BCUT2D eigenvalue weighted by Gasteiger charge is 2.18. The second kappa shape index (κ2) is 5.41. The van der Waals surface area contributed by atoms with E-state index in [4.69, 9.17) is 4.42 Å². The molecule has 8 nitrogen and oxygen atoms in total. The molecule has 0 atom stereocenters. The Labute approximate surface area is 145 Å². The first-order chi connectivity index (χ1) is 12.4. The molecule has 0 unspecified atom stereocenters. The predicted molar refractivity (Wildman–Crippen MR) is 95.4 cm³/mol. The van der Waals surface area contributed by atoms with E-state index >= 15 is 0 Å². The molecule has 0 radical (unpaired) electrons. The third-order valence-corrected chi connectivity index (χ3v) is 4.34. The SMILES string of the molecule is Cn1c(=O)c2ccc(-c3c(O)c4ccccc4oc3=O)nc2n(C)c1=O. The van der Waals surface area contributed by atoms with Crippen molar-refractivity contribution in [3.63, 3.8) is 0 Å². The molecular formula is C18H13N3O5. The maximum absolute atomic E-state index is 12.4. The van der Waals surface area contributed by atoms with Crippen molar-refractivity contribution in [3.8, 4) is 17.0 Å². The summed E-state index contributed by atoms with van der Waals surface area (Å²) in [6, 6.07) is 9.48. The Hall–Kier alpha value is -3.68. The van der Waals surface area contributed by atoms with Crippen molar-refractivity contribution in [2.75, 3.05) is 0 Å². The molecule has 0 aliphatic heterocycles. The van der Waals surface area contributed by atoms with Crippen LogP contribution in [0.15, 0.2) is 55.2 Å². The van der Waals surface area contributed by atoms with Crippen molar-refractivity contribution in [3.05, 3.63) is 67.7 Å². The van der Waals surface area contributed by atoms with Crippen molar-refractivity contribution >= 4 is 22.0 Å². The molecule has 0 saturated carbocycles. The number of rotatable bonds is 1. The van der Waals surface area contributed by atoms with Crippen LogP contribution in [0.1, 0.15) is 0 Å². The zero-order valence-electron chi connectivity index (χ0n) is 13.9. The summed E-state index contributed by atoms with van der Waals surface area (Å²) in [4.78, 5) is 41.0. The van der Waals surface area contributed by atoms with E-state index in [0.717, 1.165) is 4.57 Å². The molecule has 0 aliphatic rings. The minimum absolute atomic E-state index is 0.109. The first-order valence-electron chi connectivity index (χ1n) is 7.72. The zero-order chi connectivity index (χ0) is 18.6. The van der Waals surface area contributed by atoms with E-state index in [-0.39, 0.29) is 33.6 Å². The van der Waals surface area contributed by atoms with Crippen molar-refractivity contribution in [1.82, 2.24) is 14.1 Å². The van der Waals surface area contributed by atoms with E-state index in [1.165, 1.54) is 30.8 Å². The first kappa shape index (κ1) is 15.8. The number of fused-ring (bicyclic) bond motifs is 2. The number of aryl methyl sites for hydroxylation is 1. The molecular weight excluding hydrogens is 338 g/mol. The van der Waals surface area contributed by atoms with Crippen LogP contribution in [0, 0.1) is 0 Å². The fraction of sp³-hybridized carbons (Fsp3) is 0.111. The van der Waals surface area contributed by atoms with Gasteiger partial charge in [-0.05, 0) is 24.3 Å². The van der Waals surface area contributed by atoms with Gasteiger partial charge in [-0.2, -0.15) is 0 Å². The molecule has 0 bridgehead atoms. The monoisotopic (exact) mass is 351 g/mol. The van der Waals surface area contributed by atoms with Crippen LogP contribution in [0.4, 0.5) is 0 Å². The number of pyridine rings is 1. The molecule has 1 aromatic carbocycles. The Morgan fingerprint density at radius 2 is 1.69 bits per heavy atom. The Bertz CT molecular complexity index is 1380. The van der Waals surface area contributed by atoms with E-state index in [1.807, 2.05) is 0 Å². The largest absolute Gasteiger partial charge is 0.506 e. The molecule has 0 amide bonds. The van der Waals surface area contributed by atoms with Gasteiger partial charge in [0.25, 0.3) is 5.56 Å². The van der Waals surface area contributed by atoms with Gasteiger partial charge in [0.15, 0.2) is 0 Å². The zero-order valence-corrected chi connectivity index (χ0v) is 13.9. The molecule has 3 heterocycles. The maximum atomic E-state index is 12.4. The van der Waals surface area contributed by atoms with Crippen LogP contribution >= 0.6 is 0 Å². The molecule has 4 rings (SSSR count). The summed E-state index contributed by atoms with van der Waals surface area (Å²) in [5.74, 6) is -0.266. The predicted octanol–water partition coefficient (Wildman–Crippen LogP) is 1.11. The molecule has 0 saturated heterocycles. The highest BCUT2D eigenvalue weighted by atomic mass is 16.4. The highest BCUT2D eigenvalue weighted by molar-refractivity contribution is 5.90. The summed E-state index contributed by atoms with van der Waals surface area (Å²) in [5.41, 5.74) is -1.44. The lowest BCUT2D eigenvalue weighted by atomic mass is 10.1. The molecule has 0 fully saturated rings. The lowest BCUT2D eigenvalue weighted by molar-refractivity contribution is 0.471. The van der Waals surface area contributed by atoms with Gasteiger partial charge in [-0.3, -0.25) is 13.9 Å². The topological polar surface area (TPSA) is 107 Å². The summed E-state index contributed by atoms with van der Waals surface area (Å²) in [5, 5.41) is 11.1. The van der Waals surface area contributed by atoms with E-state index in [0.29, 0.717) is 5.39 Å². The lowest BCUT2D eigenvalue weighted by Gasteiger charge is -2.09. The summed E-state index contributed by atoms with van der Waals surface area (Å²) >= 11 is 0. The summed E-state index contributed by atoms with van der Waals surface area (Å²) in [6.07, 6.45) is 0. The van der Waals surface area contributed by atoms with Crippen molar-refractivity contribution in [2.45, 2.75) is 0 Å². The van der Waals surface area contributed by atoms with Crippen molar-refractivity contribution in [1.29, 1.82) is 0 Å². The van der Waals surface area contributed by atoms with Crippen LogP contribution in [0.2, 0.25) is 0 Å². The fourth-order valence-corrected chi connectivity index (χ4v) is 2.95. The van der Waals surface area contributed by atoms with Gasteiger partial charge in [-0.1, -0.05) is 12.1 Å². The Kier molecular flexibility index (Phi) is 3.30. The van der Waals surface area contributed by atoms with Crippen LogP contribution in [0.5, 0.6) is 5.75 Å². The summed E-state index contributed by atoms with van der Waals surface area (Å²) < 4.78 is 7.43. The quantitative estimate of drug-likeness (QED) is 0.515. The van der Waals surface area contributed by atoms with Crippen LogP contribution < -0.4 is 16.9 Å². The second-order valence-corrected chi connectivity index (χ2v) is 5.88. The standard InChI is InChI=1S/C18H13N3O5/c1-20-15-10(16(23)21(2)18(20)25)7-8-11(19-15)13-14(22)9-5-3-4-6-12(9)26-17(13)24/h3-8,22H,1-2H3. The number of para-hydroxylation sites is 1. The van der Waals surface area contributed by atoms with Crippen LogP contribution in [-0.2, 0) is 14.1 Å². The Balaban J connectivity index is 2.11. The van der Waals surface area contributed by atoms with E-state index in [1.54, 1.807) is 24.3 Å². The molecule has 26 heavy (non-hydrogen) atoms. The average molecular weight is 351 g/mol. The normalized spacial score (nSPS) is 11.3. The van der Waals surface area contributed by atoms with Gasteiger partial charge in [0.2, 0.25) is 0 Å². The van der Waals surface area contributed by atoms with Crippen LogP contribution in [0.25, 0.3) is 33.3 Å². The molecule has 130 valence electrons. The van der Waals surface area contributed by atoms with Crippen LogP contribution in [0.3, 0.4) is 0 Å². The third-order valence-electron chi connectivity index (χ3n) is 4.34. The number of benzene rings is 1. The van der Waals surface area contributed by atoms with Gasteiger partial charge in [0.1, 0.15) is 22.5 Å². The Morgan fingerprint density at radius 3 is 2.46 bits per heavy atom. The second-order valence-electron chi connectivity index (χ2n) is 5.88. The third kappa shape index (κ3) is 2.08. The molecule has 1 N–H and O–H groups in total. The number of aromatic hydroxyl groups is 1. The number of hydrogen-bond acceptors (Lipinski definition) is 6. The van der Waals surface area contributed by atoms with Gasteiger partial charge < -0.3 is 9.52 Å². The number of nitrogens with zero attached hydrogens (tertiary/aromatic N) is 3. The minimum atomic E-state index is -0.762. The molecule has 4 aromatic rings. The first-order valence-corrected chi connectivity index (χ1v) is 7.72. The van der Waals surface area contributed by atoms with Gasteiger partial charge in [-0.15, -0.1) is 0 Å². The molecule has 0 spiro atoms. The van der Waals surface area contributed by atoms with Gasteiger partial charge in [0, 0.05) is 14.1 Å². The van der Waals surface area contributed by atoms with E-state index in [9.17, 15) is 19.5 Å². The maximum Gasteiger partial charge on any atom is 0.349 e. The van der Waals surface area contributed by atoms with Gasteiger partial charge in [-0.25, -0.2) is 14.6 Å². The molecule has 3 aromatic heterocycles. The highest BCUT2D eigenvalue weighted by Crippen LogP contribution is 2.32. The van der Waals surface area contributed by atoms with E-state index in [2.05, 4.69) is 4.98 Å². The number of aromatic nitrogens is 3. The lowest BCUT2D eigenvalue weighted by Crippen LogP contribution is -2.37. The van der Waals surface area contributed by atoms with E-state index < -0.39 is 16.9 Å². The smallest absolute Gasteiger partial charge is 0.349 e. The number of hydrogen-bond donors (Lipinski definition) is 1. The van der Waals surface area contributed by atoms with Crippen molar-refractivity contribution < 1.29 is 9.52 Å². The Morgan fingerprint density at radius 1 is 0.962 bits per heavy atom. The fourth-order valence-electron chi connectivity index (χ4n) is 2.95. The summed E-state index contributed by atoms with van der Waals surface area (Å²) in [6.45, 7) is 0.